The lowest BCUT2D eigenvalue weighted by Crippen LogP contribution is -2.36. The van der Waals surface area contributed by atoms with Gasteiger partial charge in [-0.2, -0.15) is 0 Å². The number of hydrogen-bond acceptors (Lipinski definition) is 6. The summed E-state index contributed by atoms with van der Waals surface area (Å²) in [5.41, 5.74) is 0. The molecule has 3 aliphatic heterocycles. The Morgan fingerprint density at radius 3 is 2.65 bits per heavy atom. The molecule has 3 heterocycles. The predicted molar refractivity (Wildman–Crippen MR) is 51.7 cm³/mol. The Labute approximate surface area is 97.8 Å². The third-order valence-corrected chi connectivity index (χ3v) is 4.06. The molecule has 0 aromatic heterocycles. The van der Waals surface area contributed by atoms with Gasteiger partial charge in [0.1, 0.15) is 6.10 Å². The monoisotopic (exact) mass is 242 g/mol. The number of rotatable bonds is 0. The van der Waals surface area contributed by atoms with Gasteiger partial charge in [-0.15, -0.1) is 0 Å². The Balaban J connectivity index is 1.57. The SMILES string of the molecule is O=C1OC2C3OC4(CCCC4)OC3OC2C1O. The lowest BCUT2D eigenvalue weighted by molar-refractivity contribution is -0.229. The zero-order chi connectivity index (χ0) is 11.6. The largest absolute Gasteiger partial charge is 0.454 e. The number of fused-ring (bicyclic) bond motifs is 3. The van der Waals surface area contributed by atoms with Crippen LogP contribution in [0.3, 0.4) is 0 Å². The van der Waals surface area contributed by atoms with Crippen molar-refractivity contribution < 1.29 is 28.8 Å². The second-order valence-corrected chi connectivity index (χ2v) is 5.13. The summed E-state index contributed by atoms with van der Waals surface area (Å²) in [7, 11) is 0. The summed E-state index contributed by atoms with van der Waals surface area (Å²) in [5.74, 6) is -1.17. The van der Waals surface area contributed by atoms with Gasteiger partial charge in [0.25, 0.3) is 0 Å². The first-order chi connectivity index (χ1) is 8.19. The van der Waals surface area contributed by atoms with E-state index in [4.69, 9.17) is 18.9 Å². The molecule has 1 spiro atoms. The van der Waals surface area contributed by atoms with Crippen molar-refractivity contribution in [2.45, 2.75) is 62.2 Å². The fraction of sp³-hybridized carbons (Fsp3) is 0.909. The Kier molecular flexibility index (Phi) is 1.93. The van der Waals surface area contributed by atoms with Crippen LogP contribution in [0.5, 0.6) is 0 Å². The minimum atomic E-state index is -1.21. The molecule has 5 unspecified atom stereocenters. The summed E-state index contributed by atoms with van der Waals surface area (Å²) < 4.78 is 22.3. The normalized spacial score (nSPS) is 50.6. The van der Waals surface area contributed by atoms with E-state index >= 15 is 0 Å². The van der Waals surface area contributed by atoms with Crippen molar-refractivity contribution in [1.29, 1.82) is 0 Å². The van der Waals surface area contributed by atoms with Crippen molar-refractivity contribution in [3.63, 3.8) is 0 Å². The van der Waals surface area contributed by atoms with Crippen molar-refractivity contribution in [2.24, 2.45) is 0 Å². The summed E-state index contributed by atoms with van der Waals surface area (Å²) in [6, 6.07) is 0. The smallest absolute Gasteiger partial charge is 0.338 e. The van der Waals surface area contributed by atoms with E-state index in [-0.39, 0.29) is 6.10 Å². The Bertz CT molecular complexity index is 363. The van der Waals surface area contributed by atoms with Gasteiger partial charge >= 0.3 is 5.97 Å². The topological polar surface area (TPSA) is 74.2 Å². The Hall–Kier alpha value is -0.690. The van der Waals surface area contributed by atoms with Crippen molar-refractivity contribution in [1.82, 2.24) is 0 Å². The molecule has 4 aliphatic rings. The van der Waals surface area contributed by atoms with Crippen molar-refractivity contribution in [3.05, 3.63) is 0 Å². The van der Waals surface area contributed by atoms with Gasteiger partial charge in [0.15, 0.2) is 30.4 Å². The minimum Gasteiger partial charge on any atom is -0.454 e. The van der Waals surface area contributed by atoms with Crippen LogP contribution in [0.25, 0.3) is 0 Å². The molecule has 6 heteroatoms. The third-order valence-electron chi connectivity index (χ3n) is 4.06. The summed E-state index contributed by atoms with van der Waals surface area (Å²) in [6.45, 7) is 0. The summed E-state index contributed by atoms with van der Waals surface area (Å²) in [4.78, 5) is 11.2. The van der Waals surface area contributed by atoms with Crippen molar-refractivity contribution in [2.75, 3.05) is 0 Å². The van der Waals surface area contributed by atoms with E-state index in [0.29, 0.717) is 0 Å². The Morgan fingerprint density at radius 2 is 1.88 bits per heavy atom. The van der Waals surface area contributed by atoms with E-state index in [2.05, 4.69) is 0 Å². The fourth-order valence-corrected chi connectivity index (χ4v) is 3.23. The first-order valence-electron chi connectivity index (χ1n) is 6.08. The van der Waals surface area contributed by atoms with Crippen LogP contribution in [0.15, 0.2) is 0 Å². The molecule has 3 saturated heterocycles. The molecule has 0 radical (unpaired) electrons. The van der Waals surface area contributed by atoms with E-state index in [9.17, 15) is 9.90 Å². The summed E-state index contributed by atoms with van der Waals surface area (Å²) in [6.07, 6.45) is 0.599. The lowest BCUT2D eigenvalue weighted by Gasteiger charge is -2.24. The van der Waals surface area contributed by atoms with Crippen LogP contribution in [0, 0.1) is 0 Å². The van der Waals surface area contributed by atoms with Gasteiger partial charge in [-0.05, 0) is 12.8 Å². The number of ether oxygens (including phenoxy) is 4. The highest BCUT2D eigenvalue weighted by atomic mass is 16.8. The number of aliphatic hydroxyl groups excluding tert-OH is 1. The quantitative estimate of drug-likeness (QED) is 0.587. The van der Waals surface area contributed by atoms with Crippen LogP contribution in [-0.4, -0.2) is 47.6 Å². The lowest BCUT2D eigenvalue weighted by atomic mass is 10.1. The maximum atomic E-state index is 11.2. The van der Waals surface area contributed by atoms with Crippen molar-refractivity contribution in [3.8, 4) is 0 Å². The minimum absolute atomic E-state index is 0.390. The molecular weight excluding hydrogens is 228 g/mol. The number of carbonyl (C=O) groups excluding carboxylic acids is 1. The van der Waals surface area contributed by atoms with Gasteiger partial charge in [0, 0.05) is 12.8 Å². The number of carbonyl (C=O) groups is 1. The summed E-state index contributed by atoms with van der Waals surface area (Å²) >= 11 is 0. The van der Waals surface area contributed by atoms with Gasteiger partial charge in [0.2, 0.25) is 0 Å². The summed E-state index contributed by atoms with van der Waals surface area (Å²) in [5, 5.41) is 9.57. The molecular formula is C11H14O6. The fourth-order valence-electron chi connectivity index (χ4n) is 3.23. The van der Waals surface area contributed by atoms with E-state index in [1.54, 1.807) is 0 Å². The molecule has 1 N–H and O–H groups in total. The van der Waals surface area contributed by atoms with Gasteiger partial charge in [-0.1, -0.05) is 0 Å². The van der Waals surface area contributed by atoms with E-state index in [1.807, 2.05) is 0 Å². The number of esters is 1. The van der Waals surface area contributed by atoms with Crippen LogP contribution >= 0.6 is 0 Å². The van der Waals surface area contributed by atoms with E-state index in [0.717, 1.165) is 25.7 Å². The van der Waals surface area contributed by atoms with Gasteiger partial charge < -0.3 is 24.1 Å². The molecule has 1 saturated carbocycles. The highest BCUT2D eigenvalue weighted by molar-refractivity contribution is 5.78. The van der Waals surface area contributed by atoms with Crippen LogP contribution < -0.4 is 0 Å². The molecule has 17 heavy (non-hydrogen) atoms. The average Bonchev–Trinajstić information content (AvgIpc) is 3.00. The molecule has 0 aromatic carbocycles. The van der Waals surface area contributed by atoms with E-state index in [1.165, 1.54) is 0 Å². The maximum Gasteiger partial charge on any atom is 0.338 e. The molecule has 0 amide bonds. The molecule has 0 bridgehead atoms. The van der Waals surface area contributed by atoms with Crippen LogP contribution in [-0.2, 0) is 23.7 Å². The first-order valence-corrected chi connectivity index (χ1v) is 6.08. The standard InChI is InChI=1S/C11H14O6/c12-5-6-7(14-9(5)13)8-10(15-6)17-11(16-8)3-1-2-4-11/h5-8,10,12H,1-4H2. The molecule has 4 rings (SSSR count). The number of aliphatic hydroxyl groups is 1. The van der Waals surface area contributed by atoms with Gasteiger partial charge in [0.05, 0.1) is 0 Å². The average molecular weight is 242 g/mol. The molecule has 94 valence electrons. The zero-order valence-electron chi connectivity index (χ0n) is 9.20. The highest BCUT2D eigenvalue weighted by Gasteiger charge is 2.64. The second-order valence-electron chi connectivity index (χ2n) is 5.13. The molecule has 4 fully saturated rings. The van der Waals surface area contributed by atoms with Crippen LogP contribution in [0.1, 0.15) is 25.7 Å². The zero-order valence-corrected chi connectivity index (χ0v) is 9.20. The third kappa shape index (κ3) is 1.26. The second kappa shape index (κ2) is 3.20. The van der Waals surface area contributed by atoms with Crippen LogP contribution in [0.2, 0.25) is 0 Å². The first kappa shape index (κ1) is 10.3. The Morgan fingerprint density at radius 1 is 1.12 bits per heavy atom. The van der Waals surface area contributed by atoms with Gasteiger partial charge in [-0.3, -0.25) is 0 Å². The van der Waals surface area contributed by atoms with Gasteiger partial charge in [-0.25, -0.2) is 4.79 Å². The predicted octanol–water partition coefficient (Wildman–Crippen LogP) is -0.317. The maximum absolute atomic E-state index is 11.2. The highest BCUT2D eigenvalue weighted by Crippen LogP contribution is 2.48. The molecule has 6 nitrogen and oxygen atoms in total. The molecule has 0 aromatic rings. The van der Waals surface area contributed by atoms with E-state index < -0.39 is 36.4 Å². The van der Waals surface area contributed by atoms with Crippen LogP contribution in [0.4, 0.5) is 0 Å². The van der Waals surface area contributed by atoms with Crippen molar-refractivity contribution >= 4 is 5.97 Å². The molecule has 5 atom stereocenters. The number of hydrogen-bond donors (Lipinski definition) is 1. The molecule has 1 aliphatic carbocycles.